The molecule has 2 nitrogen and oxygen atoms in total. The number of hydrogen-bond acceptors (Lipinski definition) is 2. The van der Waals surface area contributed by atoms with E-state index in [9.17, 15) is 0 Å². The Kier molecular flexibility index (Phi) is 6.98. The van der Waals surface area contributed by atoms with Gasteiger partial charge in [0.1, 0.15) is 0 Å². The van der Waals surface area contributed by atoms with Crippen molar-refractivity contribution in [1.82, 2.24) is 5.32 Å². The molecule has 0 radical (unpaired) electrons. The van der Waals surface area contributed by atoms with Crippen LogP contribution in [0, 0.1) is 0 Å². The van der Waals surface area contributed by atoms with Crippen LogP contribution < -0.4 is 5.32 Å². The van der Waals surface area contributed by atoms with Gasteiger partial charge in [0.2, 0.25) is 0 Å². The van der Waals surface area contributed by atoms with E-state index in [0.29, 0.717) is 12.6 Å². The topological polar surface area (TPSA) is 32.3 Å². The molecule has 0 bridgehead atoms. The van der Waals surface area contributed by atoms with Gasteiger partial charge >= 0.3 is 0 Å². The predicted molar refractivity (Wildman–Crippen MR) is 44.1 cm³/mol. The summed E-state index contributed by atoms with van der Waals surface area (Å²) < 4.78 is 0. The van der Waals surface area contributed by atoms with Crippen LogP contribution >= 0.6 is 0 Å². The van der Waals surface area contributed by atoms with Crippen LogP contribution in [0.3, 0.4) is 0 Å². The van der Waals surface area contributed by atoms with Gasteiger partial charge in [-0.05, 0) is 26.8 Å². The van der Waals surface area contributed by atoms with E-state index >= 15 is 0 Å². The molecule has 0 aliphatic carbocycles. The van der Waals surface area contributed by atoms with Gasteiger partial charge in [0, 0.05) is 12.6 Å². The molecule has 2 N–H and O–H groups in total. The molecule has 62 valence electrons. The lowest BCUT2D eigenvalue weighted by atomic mass is 10.1. The molecule has 0 aliphatic heterocycles. The van der Waals surface area contributed by atoms with Gasteiger partial charge in [-0.3, -0.25) is 0 Å². The molecule has 0 amide bonds. The summed E-state index contributed by atoms with van der Waals surface area (Å²) in [5.74, 6) is 0. The monoisotopic (exact) mass is 145 g/mol. The van der Waals surface area contributed by atoms with Crippen LogP contribution in [0.1, 0.15) is 32.6 Å². The number of rotatable bonds is 6. The Morgan fingerprint density at radius 1 is 1.30 bits per heavy atom. The first kappa shape index (κ1) is 9.92. The SMILES string of the molecule is CNC(C)CCCCCO. The minimum Gasteiger partial charge on any atom is -0.396 e. The summed E-state index contributed by atoms with van der Waals surface area (Å²) in [5.41, 5.74) is 0. The van der Waals surface area contributed by atoms with Crippen LogP contribution in [0.25, 0.3) is 0 Å². The van der Waals surface area contributed by atoms with Gasteiger partial charge in [0.05, 0.1) is 0 Å². The molecule has 0 aromatic rings. The average molecular weight is 145 g/mol. The fraction of sp³-hybridized carbons (Fsp3) is 1.00. The molecule has 0 saturated heterocycles. The molecular weight excluding hydrogens is 126 g/mol. The standard InChI is InChI=1S/C8H19NO/c1-8(9-2)6-4-3-5-7-10/h8-10H,3-7H2,1-2H3. The zero-order chi connectivity index (χ0) is 7.82. The molecule has 0 aliphatic rings. The van der Waals surface area contributed by atoms with Crippen molar-refractivity contribution in [3.8, 4) is 0 Å². The summed E-state index contributed by atoms with van der Waals surface area (Å²) in [4.78, 5) is 0. The maximum absolute atomic E-state index is 8.47. The van der Waals surface area contributed by atoms with Gasteiger partial charge in [-0.1, -0.05) is 12.8 Å². The summed E-state index contributed by atoms with van der Waals surface area (Å²) in [5, 5.41) is 11.7. The van der Waals surface area contributed by atoms with Crippen LogP contribution in [0.5, 0.6) is 0 Å². The number of aliphatic hydroxyl groups is 1. The Hall–Kier alpha value is -0.0800. The second kappa shape index (κ2) is 7.03. The quantitative estimate of drug-likeness (QED) is 0.549. The smallest absolute Gasteiger partial charge is 0.0431 e. The van der Waals surface area contributed by atoms with Crippen molar-refractivity contribution in [1.29, 1.82) is 0 Å². The minimum absolute atomic E-state index is 0.341. The van der Waals surface area contributed by atoms with Crippen molar-refractivity contribution in [2.75, 3.05) is 13.7 Å². The zero-order valence-electron chi connectivity index (χ0n) is 7.06. The fourth-order valence-electron chi connectivity index (χ4n) is 0.883. The van der Waals surface area contributed by atoms with E-state index in [-0.39, 0.29) is 0 Å². The Morgan fingerprint density at radius 3 is 2.50 bits per heavy atom. The highest BCUT2D eigenvalue weighted by Gasteiger charge is 1.95. The number of aliphatic hydroxyl groups excluding tert-OH is 1. The van der Waals surface area contributed by atoms with E-state index in [2.05, 4.69) is 12.2 Å². The third-order valence-corrected chi connectivity index (χ3v) is 1.79. The van der Waals surface area contributed by atoms with Gasteiger partial charge in [-0.25, -0.2) is 0 Å². The van der Waals surface area contributed by atoms with E-state index in [1.165, 1.54) is 12.8 Å². The van der Waals surface area contributed by atoms with Crippen molar-refractivity contribution in [2.24, 2.45) is 0 Å². The first-order valence-corrected chi connectivity index (χ1v) is 4.09. The average Bonchev–Trinajstić information content (AvgIpc) is 1.98. The predicted octanol–water partition coefficient (Wildman–Crippen LogP) is 1.15. The highest BCUT2D eigenvalue weighted by Crippen LogP contribution is 2.01. The fourth-order valence-corrected chi connectivity index (χ4v) is 0.883. The first-order chi connectivity index (χ1) is 4.81. The highest BCUT2D eigenvalue weighted by atomic mass is 16.2. The third-order valence-electron chi connectivity index (χ3n) is 1.79. The molecule has 0 fully saturated rings. The van der Waals surface area contributed by atoms with Gasteiger partial charge in [0.25, 0.3) is 0 Å². The molecule has 1 atom stereocenters. The highest BCUT2D eigenvalue weighted by molar-refractivity contribution is 4.56. The van der Waals surface area contributed by atoms with E-state index in [1.807, 2.05) is 7.05 Å². The number of unbranched alkanes of at least 4 members (excludes halogenated alkanes) is 2. The molecule has 2 heteroatoms. The van der Waals surface area contributed by atoms with E-state index in [4.69, 9.17) is 5.11 Å². The van der Waals surface area contributed by atoms with Gasteiger partial charge < -0.3 is 10.4 Å². The van der Waals surface area contributed by atoms with Gasteiger partial charge in [0.15, 0.2) is 0 Å². The lowest BCUT2D eigenvalue weighted by Gasteiger charge is -2.08. The summed E-state index contributed by atoms with van der Waals surface area (Å²) >= 11 is 0. The molecule has 1 unspecified atom stereocenters. The van der Waals surface area contributed by atoms with Crippen LogP contribution in [-0.2, 0) is 0 Å². The lowest BCUT2D eigenvalue weighted by Crippen LogP contribution is -2.20. The molecule has 0 saturated carbocycles. The lowest BCUT2D eigenvalue weighted by molar-refractivity contribution is 0.281. The zero-order valence-corrected chi connectivity index (χ0v) is 7.06. The molecule has 0 spiro atoms. The maximum Gasteiger partial charge on any atom is 0.0431 e. The molecule has 0 heterocycles. The van der Waals surface area contributed by atoms with E-state index in [1.54, 1.807) is 0 Å². The molecule has 0 aromatic carbocycles. The van der Waals surface area contributed by atoms with Crippen molar-refractivity contribution < 1.29 is 5.11 Å². The van der Waals surface area contributed by atoms with Crippen LogP contribution in [-0.4, -0.2) is 24.8 Å². The molecule has 0 aromatic heterocycles. The first-order valence-electron chi connectivity index (χ1n) is 4.09. The number of hydrogen-bond donors (Lipinski definition) is 2. The Balaban J connectivity index is 2.89. The normalized spacial score (nSPS) is 13.5. The summed E-state index contributed by atoms with van der Waals surface area (Å²) in [7, 11) is 1.98. The summed E-state index contributed by atoms with van der Waals surface area (Å²) in [6.07, 6.45) is 4.55. The van der Waals surface area contributed by atoms with Crippen molar-refractivity contribution in [3.05, 3.63) is 0 Å². The summed E-state index contributed by atoms with van der Waals surface area (Å²) in [6.45, 7) is 2.52. The maximum atomic E-state index is 8.47. The van der Waals surface area contributed by atoms with Crippen LogP contribution in [0.2, 0.25) is 0 Å². The van der Waals surface area contributed by atoms with Gasteiger partial charge in [-0.15, -0.1) is 0 Å². The molecule has 10 heavy (non-hydrogen) atoms. The second-order valence-electron chi connectivity index (χ2n) is 2.76. The summed E-state index contributed by atoms with van der Waals surface area (Å²) in [6, 6.07) is 0.624. The van der Waals surface area contributed by atoms with Crippen molar-refractivity contribution in [2.45, 2.75) is 38.6 Å². The van der Waals surface area contributed by atoms with E-state index < -0.39 is 0 Å². The third kappa shape index (κ3) is 6.05. The Morgan fingerprint density at radius 2 is 2.00 bits per heavy atom. The van der Waals surface area contributed by atoms with Crippen molar-refractivity contribution in [3.63, 3.8) is 0 Å². The minimum atomic E-state index is 0.341. The largest absolute Gasteiger partial charge is 0.396 e. The second-order valence-corrected chi connectivity index (χ2v) is 2.76. The molecular formula is C8H19NO. The van der Waals surface area contributed by atoms with Crippen LogP contribution in [0.4, 0.5) is 0 Å². The number of nitrogens with one attached hydrogen (secondary N) is 1. The van der Waals surface area contributed by atoms with Crippen molar-refractivity contribution >= 4 is 0 Å². The Labute approximate surface area is 63.6 Å². The molecule has 0 rings (SSSR count). The van der Waals surface area contributed by atoms with Gasteiger partial charge in [-0.2, -0.15) is 0 Å². The van der Waals surface area contributed by atoms with Crippen LogP contribution in [0.15, 0.2) is 0 Å². The Bertz CT molecular complexity index is 66.3. The van der Waals surface area contributed by atoms with E-state index in [0.717, 1.165) is 12.8 Å².